The van der Waals surface area contributed by atoms with Crippen molar-refractivity contribution in [2.24, 2.45) is 22.9 Å². The number of nitrogens with two attached hydrogens (primary N) is 4. The van der Waals surface area contributed by atoms with E-state index in [2.05, 4.69) is 91.7 Å². The molecule has 362 valence electrons. The van der Waals surface area contributed by atoms with Crippen LogP contribution in [0.4, 0.5) is 0 Å². The van der Waals surface area contributed by atoms with Gasteiger partial charge in [0.05, 0.1) is 22.8 Å². The van der Waals surface area contributed by atoms with E-state index in [-0.39, 0.29) is 39.3 Å². The largest absolute Gasteiger partial charge is 0.481 e. The lowest BCUT2D eigenvalue weighted by molar-refractivity contribution is -0.137. The predicted octanol–water partition coefficient (Wildman–Crippen LogP) is 4.12. The van der Waals surface area contributed by atoms with Gasteiger partial charge >= 0.3 is 11.9 Å². The predicted molar refractivity (Wildman–Crippen MR) is 252 cm³/mol. The number of methoxy groups -OCH3 is 4. The first-order chi connectivity index (χ1) is 31.1. The second-order valence-corrected chi connectivity index (χ2v) is 14.8. The number of carbonyl (C=O) groups excluding carboxylic acids is 4. The van der Waals surface area contributed by atoms with Crippen molar-refractivity contribution in [1.82, 2.24) is 19.9 Å². The first kappa shape index (κ1) is 57.3. The Bertz CT molecular complexity index is 2370. The zero-order valence-electron chi connectivity index (χ0n) is 39.6. The number of carbonyl (C=O) groups is 6. The molecule has 2 aliphatic heterocycles. The SMILES string of the molecule is CCc1c(C)c2cc3[nH]c(cc4nc(cc5nc(cc1[nH]2)C(C)=C5CCC(=O)O)C(CCC(=O)O)=C4C)c(C)c3CC.COCC(N)=O.COCC(N)=O.COCC(N)=O.COCC(N)=O. The van der Waals surface area contributed by atoms with Crippen LogP contribution in [0.15, 0.2) is 24.3 Å². The molecule has 0 aromatic carbocycles. The number of aryl methyl sites for hydroxylation is 4. The number of allylic oxidation sites excluding steroid dienone is 4. The topological polar surface area (TPSA) is 341 Å². The minimum atomic E-state index is -0.869. The minimum Gasteiger partial charge on any atom is -0.481 e. The molecule has 0 saturated heterocycles. The van der Waals surface area contributed by atoms with Crippen LogP contribution < -0.4 is 22.9 Å². The summed E-state index contributed by atoms with van der Waals surface area (Å²) >= 11 is 0. The average Bonchev–Trinajstić information content (AvgIpc) is 3.89. The van der Waals surface area contributed by atoms with Gasteiger partial charge in [0.2, 0.25) is 23.6 Å². The van der Waals surface area contributed by atoms with Gasteiger partial charge in [-0.15, -0.1) is 0 Å². The van der Waals surface area contributed by atoms with Crippen molar-refractivity contribution < 1.29 is 57.9 Å². The van der Waals surface area contributed by atoms with E-state index in [4.69, 9.17) is 9.97 Å². The van der Waals surface area contributed by atoms with E-state index in [0.717, 1.165) is 74.2 Å². The molecule has 0 spiro atoms. The van der Waals surface area contributed by atoms with Crippen molar-refractivity contribution >= 4 is 79.9 Å². The van der Waals surface area contributed by atoms with Crippen molar-refractivity contribution in [2.45, 2.75) is 80.1 Å². The fourth-order valence-electron chi connectivity index (χ4n) is 6.79. The van der Waals surface area contributed by atoms with E-state index >= 15 is 0 Å². The highest BCUT2D eigenvalue weighted by Crippen LogP contribution is 2.38. The van der Waals surface area contributed by atoms with E-state index in [1.54, 1.807) is 0 Å². The third kappa shape index (κ3) is 18.4. The summed E-state index contributed by atoms with van der Waals surface area (Å²) in [5, 5.41) is 18.9. The molecular formula is C46H66N8O12. The zero-order valence-corrected chi connectivity index (χ0v) is 39.6. The number of ether oxygens (including phenoxy) is 4. The number of primary amides is 4. The first-order valence-electron chi connectivity index (χ1n) is 20.8. The Balaban J connectivity index is 0.000000742. The first-order valence-corrected chi connectivity index (χ1v) is 20.8. The van der Waals surface area contributed by atoms with Gasteiger partial charge in [-0.2, -0.15) is 0 Å². The molecule has 5 rings (SSSR count). The smallest absolute Gasteiger partial charge is 0.303 e. The lowest BCUT2D eigenvalue weighted by atomic mass is 9.98. The van der Waals surface area contributed by atoms with E-state index < -0.39 is 35.6 Å². The molecule has 20 heteroatoms. The zero-order chi connectivity index (χ0) is 50.3. The van der Waals surface area contributed by atoms with Gasteiger partial charge in [-0.1, -0.05) is 13.8 Å². The Morgan fingerprint density at radius 2 is 0.803 bits per heavy atom. The van der Waals surface area contributed by atoms with Crippen molar-refractivity contribution in [3.05, 3.63) is 69.3 Å². The molecular weight excluding hydrogens is 857 g/mol. The molecule has 0 aliphatic carbocycles. The molecule has 8 bridgehead atoms. The normalized spacial score (nSPS) is 11.4. The number of rotatable bonds is 16. The molecule has 0 unspecified atom stereocenters. The molecule has 0 atom stereocenters. The molecule has 5 heterocycles. The van der Waals surface area contributed by atoms with Gasteiger partial charge in [-0.25, -0.2) is 9.97 Å². The lowest BCUT2D eigenvalue weighted by Gasteiger charge is -2.05. The Labute approximate surface area is 384 Å². The van der Waals surface area contributed by atoms with Gasteiger partial charge in [0.1, 0.15) is 26.4 Å². The van der Waals surface area contributed by atoms with Gasteiger partial charge in [-0.05, 0) is 122 Å². The van der Waals surface area contributed by atoms with Crippen LogP contribution >= 0.6 is 0 Å². The third-order valence-electron chi connectivity index (χ3n) is 9.83. The summed E-state index contributed by atoms with van der Waals surface area (Å²) in [7, 11) is 5.69. The van der Waals surface area contributed by atoms with Crippen LogP contribution in [-0.2, 0) is 60.6 Å². The van der Waals surface area contributed by atoms with Crippen LogP contribution in [-0.4, -0.2) is 121 Å². The molecule has 0 radical (unpaired) electrons. The molecule has 0 fully saturated rings. The van der Waals surface area contributed by atoms with Gasteiger partial charge < -0.3 is 62.1 Å². The van der Waals surface area contributed by atoms with E-state index in [9.17, 15) is 39.0 Å². The number of nitrogens with zero attached hydrogens (tertiary/aromatic N) is 2. The summed E-state index contributed by atoms with van der Waals surface area (Å²) in [6, 6.07) is 8.19. The number of hydrogen-bond acceptors (Lipinski definition) is 12. The maximum absolute atomic E-state index is 11.5. The Morgan fingerprint density at radius 1 is 0.500 bits per heavy atom. The lowest BCUT2D eigenvalue weighted by Crippen LogP contribution is -2.16. The Hall–Kier alpha value is -6.74. The number of carboxylic acid groups (broad SMARTS) is 2. The monoisotopic (exact) mass is 922 g/mol. The maximum Gasteiger partial charge on any atom is 0.303 e. The van der Waals surface area contributed by atoms with Gasteiger partial charge in [0.15, 0.2) is 0 Å². The molecule has 66 heavy (non-hydrogen) atoms. The molecule has 12 N–H and O–H groups in total. The fraction of sp³-hybridized carbons (Fsp3) is 0.435. The van der Waals surface area contributed by atoms with Crippen molar-refractivity contribution in [2.75, 3.05) is 54.9 Å². The molecule has 2 aliphatic rings. The van der Waals surface area contributed by atoms with E-state index in [0.29, 0.717) is 24.2 Å². The molecule has 0 saturated carbocycles. The third-order valence-corrected chi connectivity index (χ3v) is 9.83. The summed E-state index contributed by atoms with van der Waals surface area (Å²) in [6.45, 7) is 12.6. The van der Waals surface area contributed by atoms with Crippen LogP contribution in [0.2, 0.25) is 0 Å². The molecule has 3 aromatic heterocycles. The van der Waals surface area contributed by atoms with Gasteiger partial charge in [0, 0.05) is 63.3 Å². The number of H-pyrrole nitrogens is 2. The van der Waals surface area contributed by atoms with Gasteiger partial charge in [-0.3, -0.25) is 28.8 Å². The second kappa shape index (κ2) is 28.9. The summed E-state index contributed by atoms with van der Waals surface area (Å²) in [5.41, 5.74) is 33.9. The number of aromatic amines is 2. The van der Waals surface area contributed by atoms with Crippen LogP contribution in [0.25, 0.3) is 44.4 Å². The highest BCUT2D eigenvalue weighted by molar-refractivity contribution is 5.96. The van der Waals surface area contributed by atoms with Crippen LogP contribution in [0.1, 0.15) is 98.4 Å². The number of nitrogens with one attached hydrogen (secondary N) is 2. The summed E-state index contributed by atoms with van der Waals surface area (Å²) in [6.07, 6.45) is 2.37. The Morgan fingerprint density at radius 3 is 1.08 bits per heavy atom. The highest BCUT2D eigenvalue weighted by Gasteiger charge is 2.23. The van der Waals surface area contributed by atoms with Gasteiger partial charge in [0.25, 0.3) is 0 Å². The van der Waals surface area contributed by atoms with E-state index in [1.807, 2.05) is 26.0 Å². The van der Waals surface area contributed by atoms with Crippen LogP contribution in [0, 0.1) is 13.8 Å². The van der Waals surface area contributed by atoms with Crippen molar-refractivity contribution in [1.29, 1.82) is 0 Å². The fourth-order valence-corrected chi connectivity index (χ4v) is 6.79. The number of aliphatic carboxylic acids is 2. The summed E-state index contributed by atoms with van der Waals surface area (Å²) < 4.78 is 17.3. The minimum absolute atomic E-state index is 0.0138. The molecule has 4 amide bonds. The maximum atomic E-state index is 11.5. The highest BCUT2D eigenvalue weighted by atomic mass is 16.5. The number of carboxylic acids is 2. The summed E-state index contributed by atoms with van der Waals surface area (Å²) in [5.74, 6) is -3.47. The molecule has 3 aromatic rings. The van der Waals surface area contributed by atoms with Crippen LogP contribution in [0.5, 0.6) is 0 Å². The molecule has 20 nitrogen and oxygen atoms in total. The van der Waals surface area contributed by atoms with E-state index in [1.165, 1.54) is 45.1 Å². The number of hydrogen-bond donors (Lipinski definition) is 8. The average molecular weight is 923 g/mol. The standard InChI is InChI=1S/C34H38N4O4.4C3H7NO2/c1-7-21-17(3)25-13-26-19(5)23(9-11-33(39)40)31(37-26)16-32-24(10-12-34(41)42)20(6)28(38-32)15-30-22(8-2)18(4)27(36-30)14-29(21)35-25;4*1-6-2-3(4)5/h13-16,35-36H,7-12H2,1-6H3,(H,39,40)(H,41,42);4*2H2,1H3,(H2,4,5). The number of aromatic nitrogens is 4. The van der Waals surface area contributed by atoms with Crippen molar-refractivity contribution in [3.8, 4) is 0 Å². The van der Waals surface area contributed by atoms with Crippen LogP contribution in [0.3, 0.4) is 0 Å². The second-order valence-electron chi connectivity index (χ2n) is 14.8. The number of amides is 4. The summed E-state index contributed by atoms with van der Waals surface area (Å²) in [4.78, 5) is 79.1. The Kier molecular flexibility index (Phi) is 25.1. The quantitative estimate of drug-likeness (QED) is 0.100. The van der Waals surface area contributed by atoms with Crippen molar-refractivity contribution in [3.63, 3.8) is 0 Å². The number of fused-ring (bicyclic) bond motifs is 8.